The van der Waals surface area contributed by atoms with E-state index in [1.807, 2.05) is 6.92 Å². The van der Waals surface area contributed by atoms with Gasteiger partial charge >= 0.3 is 0 Å². The predicted octanol–water partition coefficient (Wildman–Crippen LogP) is 3.06. The lowest BCUT2D eigenvalue weighted by Gasteiger charge is -2.23. The van der Waals surface area contributed by atoms with Crippen LogP contribution in [0.4, 0.5) is 5.13 Å². The average molecular weight is 299 g/mol. The Morgan fingerprint density at radius 3 is 2.25 bits per heavy atom. The number of thiazole rings is 1. The lowest BCUT2D eigenvalue weighted by Crippen LogP contribution is -2.29. The van der Waals surface area contributed by atoms with Crippen molar-refractivity contribution in [2.75, 3.05) is 37.6 Å². The molecule has 1 unspecified atom stereocenters. The zero-order valence-corrected chi connectivity index (χ0v) is 14.3. The third-order valence-corrected chi connectivity index (χ3v) is 5.04. The second kappa shape index (κ2) is 8.60. The van der Waals surface area contributed by atoms with Gasteiger partial charge in [0.05, 0.1) is 16.7 Å². The number of nitrogens with zero attached hydrogens (tertiary/aromatic N) is 3. The topological polar surface area (TPSA) is 39.6 Å². The van der Waals surface area contributed by atoms with Crippen molar-refractivity contribution < 1.29 is 5.11 Å². The maximum atomic E-state index is 9.73. The molecule has 0 radical (unpaired) electrons. The van der Waals surface area contributed by atoms with Gasteiger partial charge in [0.2, 0.25) is 0 Å². The average Bonchev–Trinajstić information content (AvgIpc) is 2.81. The summed E-state index contributed by atoms with van der Waals surface area (Å²) >= 11 is 1.62. The number of aliphatic hydroxyl groups is 1. The molecule has 1 atom stereocenters. The van der Waals surface area contributed by atoms with Gasteiger partial charge in [-0.1, -0.05) is 25.2 Å². The standard InChI is InChI=1S/C15H29N3OS/c1-6-17(7-2)10-9-11-18(8-3)15-16-12(4)14(20-15)13(5)19/h13,19H,6-11H2,1-5H3. The minimum absolute atomic E-state index is 0.421. The lowest BCUT2D eigenvalue weighted by atomic mass is 10.3. The van der Waals surface area contributed by atoms with Crippen LogP contribution >= 0.6 is 11.3 Å². The number of hydrogen-bond donors (Lipinski definition) is 1. The van der Waals surface area contributed by atoms with E-state index < -0.39 is 6.10 Å². The van der Waals surface area contributed by atoms with Crippen molar-refractivity contribution in [1.82, 2.24) is 9.88 Å². The third-order valence-electron chi connectivity index (χ3n) is 3.65. The lowest BCUT2D eigenvalue weighted by molar-refractivity contribution is 0.202. The first-order valence-corrected chi connectivity index (χ1v) is 8.47. The molecule has 116 valence electrons. The highest BCUT2D eigenvalue weighted by molar-refractivity contribution is 7.15. The molecule has 4 nitrogen and oxygen atoms in total. The maximum Gasteiger partial charge on any atom is 0.185 e. The van der Waals surface area contributed by atoms with Crippen molar-refractivity contribution in [2.24, 2.45) is 0 Å². The molecule has 0 saturated heterocycles. The molecular weight excluding hydrogens is 270 g/mol. The van der Waals surface area contributed by atoms with Crippen LogP contribution in [0.2, 0.25) is 0 Å². The normalized spacial score (nSPS) is 12.9. The van der Waals surface area contributed by atoms with E-state index in [4.69, 9.17) is 0 Å². The molecule has 0 aliphatic carbocycles. The largest absolute Gasteiger partial charge is 0.388 e. The van der Waals surface area contributed by atoms with Crippen LogP contribution in [-0.4, -0.2) is 47.7 Å². The summed E-state index contributed by atoms with van der Waals surface area (Å²) in [5.41, 5.74) is 0.960. The Hall–Kier alpha value is -0.650. The number of rotatable bonds is 9. The van der Waals surface area contributed by atoms with Gasteiger partial charge in [0.25, 0.3) is 0 Å². The second-order valence-electron chi connectivity index (χ2n) is 5.08. The molecule has 20 heavy (non-hydrogen) atoms. The number of aryl methyl sites for hydroxylation is 1. The molecule has 0 aliphatic heterocycles. The molecule has 0 aromatic carbocycles. The summed E-state index contributed by atoms with van der Waals surface area (Å²) in [7, 11) is 0. The van der Waals surface area contributed by atoms with E-state index in [9.17, 15) is 5.11 Å². The monoisotopic (exact) mass is 299 g/mol. The Morgan fingerprint density at radius 1 is 1.15 bits per heavy atom. The van der Waals surface area contributed by atoms with E-state index in [-0.39, 0.29) is 0 Å². The molecular formula is C15H29N3OS. The highest BCUT2D eigenvalue weighted by Gasteiger charge is 2.15. The van der Waals surface area contributed by atoms with Gasteiger partial charge in [-0.3, -0.25) is 0 Å². The zero-order chi connectivity index (χ0) is 15.1. The first-order chi connectivity index (χ1) is 9.53. The molecule has 0 amide bonds. The molecule has 0 fully saturated rings. The van der Waals surface area contributed by atoms with Gasteiger partial charge in [-0.2, -0.15) is 0 Å². The molecule has 0 spiro atoms. The fourth-order valence-electron chi connectivity index (χ4n) is 2.33. The van der Waals surface area contributed by atoms with E-state index in [1.165, 1.54) is 0 Å². The van der Waals surface area contributed by atoms with Crippen molar-refractivity contribution >= 4 is 16.5 Å². The van der Waals surface area contributed by atoms with Crippen LogP contribution < -0.4 is 4.90 Å². The van der Waals surface area contributed by atoms with Gasteiger partial charge in [0, 0.05) is 13.1 Å². The van der Waals surface area contributed by atoms with Crippen LogP contribution in [0.5, 0.6) is 0 Å². The van der Waals surface area contributed by atoms with Crippen LogP contribution in [0.15, 0.2) is 0 Å². The van der Waals surface area contributed by atoms with Crippen molar-refractivity contribution in [3.8, 4) is 0 Å². The van der Waals surface area contributed by atoms with Crippen molar-refractivity contribution in [1.29, 1.82) is 0 Å². The van der Waals surface area contributed by atoms with Crippen molar-refractivity contribution in [3.63, 3.8) is 0 Å². The Bertz CT molecular complexity index is 388. The van der Waals surface area contributed by atoms with Gasteiger partial charge in [-0.05, 0) is 46.8 Å². The molecule has 0 aliphatic rings. The Kier molecular flexibility index (Phi) is 7.48. The fourth-order valence-corrected chi connectivity index (χ4v) is 3.42. The Morgan fingerprint density at radius 2 is 1.80 bits per heavy atom. The summed E-state index contributed by atoms with van der Waals surface area (Å²) in [6.07, 6.45) is 0.730. The zero-order valence-electron chi connectivity index (χ0n) is 13.5. The molecule has 5 heteroatoms. The Labute approximate surface area is 127 Å². The number of aromatic nitrogens is 1. The molecule has 1 aromatic heterocycles. The number of hydrogen-bond acceptors (Lipinski definition) is 5. The molecule has 1 N–H and O–H groups in total. The van der Waals surface area contributed by atoms with Gasteiger partial charge in [0.1, 0.15) is 0 Å². The van der Waals surface area contributed by atoms with Gasteiger partial charge < -0.3 is 14.9 Å². The smallest absolute Gasteiger partial charge is 0.185 e. The van der Waals surface area contributed by atoms with E-state index in [0.717, 1.165) is 54.8 Å². The van der Waals surface area contributed by atoms with Crippen molar-refractivity contribution in [3.05, 3.63) is 10.6 Å². The highest BCUT2D eigenvalue weighted by Crippen LogP contribution is 2.30. The summed E-state index contributed by atoms with van der Waals surface area (Å²) in [6.45, 7) is 15.7. The fraction of sp³-hybridized carbons (Fsp3) is 0.800. The number of aliphatic hydroxyl groups excluding tert-OH is 1. The predicted molar refractivity (Wildman–Crippen MR) is 87.8 cm³/mol. The third kappa shape index (κ3) is 4.72. The van der Waals surface area contributed by atoms with Gasteiger partial charge in [0.15, 0.2) is 5.13 Å². The molecule has 1 rings (SSSR count). The Balaban J connectivity index is 2.60. The molecule has 0 bridgehead atoms. The van der Waals surface area contributed by atoms with Crippen LogP contribution in [0, 0.1) is 6.92 Å². The van der Waals surface area contributed by atoms with E-state index in [0.29, 0.717) is 0 Å². The summed E-state index contributed by atoms with van der Waals surface area (Å²) in [4.78, 5) is 10.4. The van der Waals surface area contributed by atoms with Crippen molar-refractivity contribution in [2.45, 2.75) is 47.1 Å². The quantitative estimate of drug-likeness (QED) is 0.761. The summed E-state index contributed by atoms with van der Waals surface area (Å²) < 4.78 is 0. The molecule has 1 heterocycles. The summed E-state index contributed by atoms with van der Waals surface area (Å²) in [5, 5.41) is 10.8. The molecule has 1 aromatic rings. The number of anilines is 1. The first-order valence-electron chi connectivity index (χ1n) is 7.66. The van der Waals surface area contributed by atoms with E-state index >= 15 is 0 Å². The van der Waals surface area contributed by atoms with Crippen LogP contribution in [0.25, 0.3) is 0 Å². The van der Waals surface area contributed by atoms with E-state index in [2.05, 4.69) is 35.6 Å². The van der Waals surface area contributed by atoms with Gasteiger partial charge in [-0.15, -0.1) is 0 Å². The van der Waals surface area contributed by atoms with Crippen LogP contribution in [-0.2, 0) is 0 Å². The summed E-state index contributed by atoms with van der Waals surface area (Å²) in [5.74, 6) is 0. The molecule has 0 saturated carbocycles. The summed E-state index contributed by atoms with van der Waals surface area (Å²) in [6, 6.07) is 0. The highest BCUT2D eigenvalue weighted by atomic mass is 32.1. The van der Waals surface area contributed by atoms with Crippen LogP contribution in [0.3, 0.4) is 0 Å². The first kappa shape index (κ1) is 17.4. The van der Waals surface area contributed by atoms with Crippen LogP contribution in [0.1, 0.15) is 50.8 Å². The minimum Gasteiger partial charge on any atom is -0.388 e. The van der Waals surface area contributed by atoms with E-state index in [1.54, 1.807) is 18.3 Å². The second-order valence-corrected chi connectivity index (χ2v) is 6.09. The minimum atomic E-state index is -0.421. The van der Waals surface area contributed by atoms with Gasteiger partial charge in [-0.25, -0.2) is 4.98 Å². The SMILES string of the molecule is CCN(CC)CCCN(CC)c1nc(C)c(C(C)O)s1. The maximum absolute atomic E-state index is 9.73.